The molecule has 3 heteroatoms. The van der Waals surface area contributed by atoms with Gasteiger partial charge in [-0.1, -0.05) is 196 Å². The quantitative estimate of drug-likeness (QED) is 0.133. The average Bonchev–Trinajstić information content (AvgIpc) is 3.61. The maximum Gasteiger partial charge on any atom is 0.0775 e. The third-order valence-corrected chi connectivity index (χ3v) is 15.6. The zero-order chi connectivity index (χ0) is 45.1. The van der Waals surface area contributed by atoms with E-state index < -0.39 is 13.5 Å². The second kappa shape index (κ2) is 16.2. The summed E-state index contributed by atoms with van der Waals surface area (Å²) in [6.45, 7) is 18.4. The molecule has 0 saturated heterocycles. The summed E-state index contributed by atoms with van der Waals surface area (Å²) in [4.78, 5) is 4.92. The molecule has 0 aliphatic heterocycles. The van der Waals surface area contributed by atoms with Gasteiger partial charge in [0.25, 0.3) is 0 Å². The monoisotopic (exact) mass is 858 g/mol. The lowest BCUT2D eigenvalue weighted by Crippen LogP contribution is -2.37. The van der Waals surface area contributed by atoms with E-state index in [1.807, 2.05) is 0 Å². The van der Waals surface area contributed by atoms with Crippen molar-refractivity contribution in [3.05, 3.63) is 245 Å². The summed E-state index contributed by atoms with van der Waals surface area (Å²) in [6, 6.07) is 77.9. The third-order valence-electron chi connectivity index (χ3n) is 13.6. The summed E-state index contributed by atoms with van der Waals surface area (Å²) >= 11 is 0. The molecule has 0 unspecified atom stereocenters. The van der Waals surface area contributed by atoms with E-state index in [0.717, 1.165) is 34.1 Å². The molecular formula is C62H58N2Si. The molecule has 0 spiro atoms. The van der Waals surface area contributed by atoms with E-state index in [1.165, 1.54) is 66.0 Å². The topological polar surface area (TPSA) is 6.48 Å². The molecule has 1 aliphatic rings. The molecule has 0 aromatic heterocycles. The van der Waals surface area contributed by atoms with Crippen molar-refractivity contribution >= 4 is 58.2 Å². The fourth-order valence-corrected chi connectivity index (χ4v) is 11.3. The largest absolute Gasteiger partial charge is 0.310 e. The molecule has 9 aromatic carbocycles. The standard InChI is InChI=1S/C62H58N2Si/c1-43-23-29-48(30-24-43)63(49-35-38-53(39-36-49)65(6,7)8)52-37-40-56-57(41-52)62(46-17-11-9-12-18-46,47-19-13-10-14-20-47)58-42-59(54-21-15-16-22-55(54)60(56)58)64(50-31-25-44(2)26-32-50)51-33-27-45(28-34-51)61(3,4)5/h9-42H,1-8H3. The van der Waals surface area contributed by atoms with Crippen LogP contribution in [0.5, 0.6) is 0 Å². The van der Waals surface area contributed by atoms with Crippen LogP contribution < -0.4 is 15.0 Å². The first-order chi connectivity index (χ1) is 31.3. The molecule has 1 aliphatic carbocycles. The summed E-state index contributed by atoms with van der Waals surface area (Å²) < 4.78 is 0. The first-order valence-electron chi connectivity index (χ1n) is 23.1. The van der Waals surface area contributed by atoms with Gasteiger partial charge >= 0.3 is 0 Å². The molecule has 9 aromatic rings. The fourth-order valence-electron chi connectivity index (χ4n) is 10.1. The van der Waals surface area contributed by atoms with Crippen molar-refractivity contribution < 1.29 is 0 Å². The predicted octanol–water partition coefficient (Wildman–Crippen LogP) is 16.6. The van der Waals surface area contributed by atoms with Crippen LogP contribution in [0.4, 0.5) is 34.1 Å². The van der Waals surface area contributed by atoms with E-state index >= 15 is 0 Å². The van der Waals surface area contributed by atoms with E-state index in [2.05, 4.69) is 270 Å². The van der Waals surface area contributed by atoms with Crippen LogP contribution in [0.2, 0.25) is 19.6 Å². The van der Waals surface area contributed by atoms with Gasteiger partial charge in [0.1, 0.15) is 0 Å². The zero-order valence-electron chi connectivity index (χ0n) is 39.0. The van der Waals surface area contributed by atoms with Gasteiger partial charge in [-0.05, 0) is 130 Å². The number of aryl methyl sites for hydroxylation is 2. The van der Waals surface area contributed by atoms with Crippen molar-refractivity contribution in [1.82, 2.24) is 0 Å². The van der Waals surface area contributed by atoms with E-state index in [-0.39, 0.29) is 5.41 Å². The minimum atomic E-state index is -1.52. The highest BCUT2D eigenvalue weighted by molar-refractivity contribution is 6.88. The van der Waals surface area contributed by atoms with Gasteiger partial charge in [0.2, 0.25) is 0 Å². The average molecular weight is 859 g/mol. The van der Waals surface area contributed by atoms with E-state index in [9.17, 15) is 0 Å². The fraction of sp³-hybridized carbons (Fsp3) is 0.161. The molecule has 320 valence electrons. The molecule has 0 atom stereocenters. The molecule has 0 N–H and O–H groups in total. The number of rotatable bonds is 9. The molecule has 0 heterocycles. The van der Waals surface area contributed by atoms with Crippen LogP contribution in [0, 0.1) is 13.8 Å². The SMILES string of the molecule is Cc1ccc(N(c2ccc([Si](C)(C)C)cc2)c2ccc3c(c2)C(c2ccccc2)(c2ccccc2)c2cc(N(c4ccc(C)cc4)c4ccc(C(C)(C)C)cc4)c4ccccc4c2-3)cc1. The summed E-state index contributed by atoms with van der Waals surface area (Å²) in [7, 11) is -1.52. The van der Waals surface area contributed by atoms with Crippen LogP contribution in [0.1, 0.15) is 59.7 Å². The van der Waals surface area contributed by atoms with Crippen LogP contribution >= 0.6 is 0 Å². The van der Waals surface area contributed by atoms with E-state index in [0.29, 0.717) is 0 Å². The van der Waals surface area contributed by atoms with Crippen molar-refractivity contribution in [3.8, 4) is 11.1 Å². The van der Waals surface area contributed by atoms with E-state index in [4.69, 9.17) is 0 Å². The van der Waals surface area contributed by atoms with Crippen LogP contribution in [0.15, 0.2) is 206 Å². The Labute approximate surface area is 387 Å². The molecule has 2 nitrogen and oxygen atoms in total. The van der Waals surface area contributed by atoms with Crippen LogP contribution in [0.3, 0.4) is 0 Å². The number of fused-ring (bicyclic) bond motifs is 5. The molecule has 10 rings (SSSR count). The molecule has 0 fully saturated rings. The minimum absolute atomic E-state index is 0.0373. The van der Waals surface area contributed by atoms with Gasteiger partial charge in [0, 0.05) is 33.8 Å². The Kier molecular flexibility index (Phi) is 10.5. The number of benzene rings is 9. The molecule has 0 radical (unpaired) electrons. The molecule has 0 saturated carbocycles. The summed E-state index contributed by atoms with van der Waals surface area (Å²) in [5.74, 6) is 0. The lowest BCUT2D eigenvalue weighted by atomic mass is 9.67. The van der Waals surface area contributed by atoms with Crippen LogP contribution in [0.25, 0.3) is 21.9 Å². The highest BCUT2D eigenvalue weighted by Crippen LogP contribution is 2.60. The highest BCUT2D eigenvalue weighted by Gasteiger charge is 2.48. The van der Waals surface area contributed by atoms with Gasteiger partial charge in [-0.2, -0.15) is 0 Å². The number of anilines is 6. The van der Waals surface area contributed by atoms with Gasteiger partial charge in [-0.15, -0.1) is 0 Å². The molecule has 0 bridgehead atoms. The summed E-state index contributed by atoms with van der Waals surface area (Å²) in [5.41, 5.74) is 17.6. The van der Waals surface area contributed by atoms with Crippen molar-refractivity contribution in [3.63, 3.8) is 0 Å². The van der Waals surface area contributed by atoms with Crippen molar-refractivity contribution in [2.75, 3.05) is 9.80 Å². The van der Waals surface area contributed by atoms with E-state index in [1.54, 1.807) is 0 Å². The van der Waals surface area contributed by atoms with Crippen molar-refractivity contribution in [2.24, 2.45) is 0 Å². The Balaban J connectivity index is 1.29. The lowest BCUT2D eigenvalue weighted by molar-refractivity contribution is 0.590. The summed E-state index contributed by atoms with van der Waals surface area (Å²) in [5, 5.41) is 3.90. The number of hydrogen-bond acceptors (Lipinski definition) is 2. The van der Waals surface area contributed by atoms with Crippen LogP contribution in [-0.2, 0) is 10.8 Å². The molecular weight excluding hydrogens is 801 g/mol. The van der Waals surface area contributed by atoms with Gasteiger partial charge < -0.3 is 9.80 Å². The van der Waals surface area contributed by atoms with Gasteiger partial charge in [-0.3, -0.25) is 0 Å². The smallest absolute Gasteiger partial charge is 0.0775 e. The van der Waals surface area contributed by atoms with Gasteiger partial charge in [0.15, 0.2) is 0 Å². The predicted molar refractivity (Wildman–Crippen MR) is 282 cm³/mol. The minimum Gasteiger partial charge on any atom is -0.310 e. The lowest BCUT2D eigenvalue weighted by Gasteiger charge is -2.36. The Bertz CT molecular complexity index is 3100. The summed E-state index contributed by atoms with van der Waals surface area (Å²) in [6.07, 6.45) is 0. The first kappa shape index (κ1) is 42.0. The van der Waals surface area contributed by atoms with Crippen molar-refractivity contribution in [1.29, 1.82) is 0 Å². The first-order valence-corrected chi connectivity index (χ1v) is 26.6. The third kappa shape index (κ3) is 7.38. The van der Waals surface area contributed by atoms with Crippen LogP contribution in [-0.4, -0.2) is 8.07 Å². The number of hydrogen-bond donors (Lipinski definition) is 0. The number of nitrogens with zero attached hydrogens (tertiary/aromatic N) is 2. The zero-order valence-corrected chi connectivity index (χ0v) is 40.0. The Hall–Kier alpha value is -6.94. The molecule has 0 amide bonds. The Morgan fingerprint density at radius 2 is 0.862 bits per heavy atom. The second-order valence-corrected chi connectivity index (χ2v) is 25.1. The maximum atomic E-state index is 2.53. The van der Waals surface area contributed by atoms with Gasteiger partial charge in [-0.25, -0.2) is 0 Å². The maximum absolute atomic E-state index is 2.53. The Morgan fingerprint density at radius 3 is 1.37 bits per heavy atom. The molecule has 65 heavy (non-hydrogen) atoms. The van der Waals surface area contributed by atoms with Gasteiger partial charge in [0.05, 0.1) is 19.2 Å². The van der Waals surface area contributed by atoms with Crippen molar-refractivity contribution in [2.45, 2.75) is 65.1 Å². The Morgan fingerprint density at radius 1 is 0.415 bits per heavy atom. The normalized spacial score (nSPS) is 13.0. The second-order valence-electron chi connectivity index (χ2n) is 20.0. The highest BCUT2D eigenvalue weighted by atomic mass is 28.3.